The number of hydrogen-bond donors (Lipinski definition) is 2. The highest BCUT2D eigenvalue weighted by Gasteiger charge is 2.25. The van der Waals surface area contributed by atoms with E-state index in [0.29, 0.717) is 6.04 Å². The summed E-state index contributed by atoms with van der Waals surface area (Å²) in [6.45, 7) is 3.95. The molecule has 0 spiro atoms. The summed E-state index contributed by atoms with van der Waals surface area (Å²) in [6, 6.07) is 10.2. The van der Waals surface area contributed by atoms with Crippen LogP contribution in [0.5, 0.6) is 0 Å². The summed E-state index contributed by atoms with van der Waals surface area (Å²) in [4.78, 5) is 14.5. The number of likely N-dealkylation sites (tertiary alicyclic amines) is 1. The first-order chi connectivity index (χ1) is 9.20. The van der Waals surface area contributed by atoms with Gasteiger partial charge in [0.15, 0.2) is 0 Å². The number of amides is 1. The predicted molar refractivity (Wildman–Crippen MR) is 78.2 cm³/mol. The molecule has 4 heteroatoms. The van der Waals surface area contributed by atoms with Crippen LogP contribution >= 0.6 is 0 Å². The largest absolute Gasteiger partial charge is 0.325 e. The van der Waals surface area contributed by atoms with Gasteiger partial charge in [0, 0.05) is 24.8 Å². The summed E-state index contributed by atoms with van der Waals surface area (Å²) in [5.41, 5.74) is 0.865. The number of hydrogen-bond acceptors (Lipinski definition) is 3. The van der Waals surface area contributed by atoms with Crippen molar-refractivity contribution in [2.75, 3.05) is 25.5 Å². The second-order valence-corrected chi connectivity index (χ2v) is 5.13. The number of rotatable bonds is 4. The van der Waals surface area contributed by atoms with Crippen molar-refractivity contribution in [3.63, 3.8) is 0 Å². The predicted octanol–water partition coefficient (Wildman–Crippen LogP) is 1.70. The topological polar surface area (TPSA) is 44.4 Å². The number of nitrogens with zero attached hydrogens (tertiary/aromatic N) is 1. The van der Waals surface area contributed by atoms with E-state index in [1.165, 1.54) is 0 Å². The molecule has 2 N–H and O–H groups in total. The standard InChI is InChI=1S/C15H23N3O/c1-12(18-10-8-13(16-2)9-11-18)15(19)17-14-6-4-3-5-7-14/h3-7,12-13,16H,8-11H2,1-2H3,(H,17,19). The lowest BCUT2D eigenvalue weighted by Gasteiger charge is -2.35. The van der Waals surface area contributed by atoms with Gasteiger partial charge in [-0.05, 0) is 38.9 Å². The van der Waals surface area contributed by atoms with Crippen LogP contribution in [0.15, 0.2) is 30.3 Å². The lowest BCUT2D eigenvalue weighted by atomic mass is 10.0. The van der Waals surface area contributed by atoms with Gasteiger partial charge in [0.2, 0.25) is 5.91 Å². The third-order valence-corrected chi connectivity index (χ3v) is 3.91. The lowest BCUT2D eigenvalue weighted by Crippen LogP contribution is -2.49. The monoisotopic (exact) mass is 261 g/mol. The first kappa shape index (κ1) is 14.0. The molecule has 1 saturated heterocycles. The van der Waals surface area contributed by atoms with E-state index in [-0.39, 0.29) is 11.9 Å². The number of carbonyl (C=O) groups excluding carboxylic acids is 1. The Morgan fingerprint density at radius 2 is 1.89 bits per heavy atom. The Labute approximate surface area is 115 Å². The fraction of sp³-hybridized carbons (Fsp3) is 0.533. The molecule has 1 atom stereocenters. The second kappa shape index (κ2) is 6.68. The molecule has 0 radical (unpaired) electrons. The Bertz CT molecular complexity index is 399. The number of benzene rings is 1. The average molecular weight is 261 g/mol. The van der Waals surface area contributed by atoms with Crippen LogP contribution in [0, 0.1) is 0 Å². The molecule has 0 saturated carbocycles. The van der Waals surface area contributed by atoms with Crippen LogP contribution in [0.1, 0.15) is 19.8 Å². The molecule has 1 aliphatic rings. The van der Waals surface area contributed by atoms with E-state index in [1.807, 2.05) is 44.3 Å². The molecular weight excluding hydrogens is 238 g/mol. The molecule has 1 heterocycles. The summed E-state index contributed by atoms with van der Waals surface area (Å²) >= 11 is 0. The minimum absolute atomic E-state index is 0.0713. The second-order valence-electron chi connectivity index (χ2n) is 5.13. The number of piperidine rings is 1. The highest BCUT2D eigenvalue weighted by Crippen LogP contribution is 2.14. The average Bonchev–Trinajstić information content (AvgIpc) is 2.47. The van der Waals surface area contributed by atoms with E-state index in [1.54, 1.807) is 0 Å². The van der Waals surface area contributed by atoms with Gasteiger partial charge in [-0.3, -0.25) is 9.69 Å². The van der Waals surface area contributed by atoms with Gasteiger partial charge in [0.1, 0.15) is 0 Å². The van der Waals surface area contributed by atoms with Crippen LogP contribution in [0.25, 0.3) is 0 Å². The zero-order valence-corrected chi connectivity index (χ0v) is 11.7. The number of anilines is 1. The van der Waals surface area contributed by atoms with Gasteiger partial charge < -0.3 is 10.6 Å². The molecule has 1 aromatic rings. The Morgan fingerprint density at radius 3 is 2.47 bits per heavy atom. The van der Waals surface area contributed by atoms with E-state index in [9.17, 15) is 4.79 Å². The summed E-state index contributed by atoms with van der Waals surface area (Å²) in [5.74, 6) is 0.0779. The van der Waals surface area contributed by atoms with Crippen LogP contribution in [-0.4, -0.2) is 43.0 Å². The van der Waals surface area contributed by atoms with E-state index >= 15 is 0 Å². The van der Waals surface area contributed by atoms with Gasteiger partial charge in [-0.15, -0.1) is 0 Å². The first-order valence-electron chi connectivity index (χ1n) is 6.98. The van der Waals surface area contributed by atoms with E-state index in [2.05, 4.69) is 15.5 Å². The summed E-state index contributed by atoms with van der Waals surface area (Å²) < 4.78 is 0. The van der Waals surface area contributed by atoms with Crippen molar-refractivity contribution in [1.29, 1.82) is 0 Å². The maximum atomic E-state index is 12.2. The molecule has 0 aromatic heterocycles. The molecule has 19 heavy (non-hydrogen) atoms. The fourth-order valence-electron chi connectivity index (χ4n) is 2.51. The third kappa shape index (κ3) is 3.78. The minimum Gasteiger partial charge on any atom is -0.325 e. The Morgan fingerprint density at radius 1 is 1.26 bits per heavy atom. The van der Waals surface area contributed by atoms with Crippen molar-refractivity contribution in [2.24, 2.45) is 0 Å². The number of nitrogens with one attached hydrogen (secondary N) is 2. The summed E-state index contributed by atoms with van der Waals surface area (Å²) in [5, 5.41) is 6.27. The van der Waals surface area contributed by atoms with Crippen molar-refractivity contribution >= 4 is 11.6 Å². The van der Waals surface area contributed by atoms with Crippen molar-refractivity contribution in [1.82, 2.24) is 10.2 Å². The molecule has 1 aliphatic heterocycles. The highest BCUT2D eigenvalue weighted by molar-refractivity contribution is 5.94. The van der Waals surface area contributed by atoms with Crippen LogP contribution < -0.4 is 10.6 Å². The first-order valence-corrected chi connectivity index (χ1v) is 6.98. The van der Waals surface area contributed by atoms with Gasteiger partial charge in [-0.25, -0.2) is 0 Å². The normalized spacial score (nSPS) is 19.1. The maximum Gasteiger partial charge on any atom is 0.241 e. The number of carbonyl (C=O) groups is 1. The molecule has 1 unspecified atom stereocenters. The van der Waals surface area contributed by atoms with Gasteiger partial charge in [0.25, 0.3) is 0 Å². The van der Waals surface area contributed by atoms with Crippen LogP contribution in [0.4, 0.5) is 5.69 Å². The highest BCUT2D eigenvalue weighted by atomic mass is 16.2. The SMILES string of the molecule is CNC1CCN(C(C)C(=O)Nc2ccccc2)CC1. The minimum atomic E-state index is -0.0713. The maximum absolute atomic E-state index is 12.2. The van der Waals surface area contributed by atoms with Crippen LogP contribution in [-0.2, 0) is 4.79 Å². The van der Waals surface area contributed by atoms with Crippen molar-refractivity contribution < 1.29 is 4.79 Å². The van der Waals surface area contributed by atoms with E-state index in [4.69, 9.17) is 0 Å². The van der Waals surface area contributed by atoms with Gasteiger partial charge in [0.05, 0.1) is 6.04 Å². The molecule has 2 rings (SSSR count). The summed E-state index contributed by atoms with van der Waals surface area (Å²) in [7, 11) is 2.01. The van der Waals surface area contributed by atoms with Crippen LogP contribution in [0.3, 0.4) is 0 Å². The third-order valence-electron chi connectivity index (χ3n) is 3.91. The Hall–Kier alpha value is -1.39. The van der Waals surface area contributed by atoms with Crippen molar-refractivity contribution in [2.45, 2.75) is 31.8 Å². The van der Waals surface area contributed by atoms with Crippen molar-refractivity contribution in [3.05, 3.63) is 30.3 Å². The molecule has 1 amide bonds. The zero-order valence-electron chi connectivity index (χ0n) is 11.7. The quantitative estimate of drug-likeness (QED) is 0.867. The number of para-hydroxylation sites is 1. The molecule has 1 aromatic carbocycles. The molecular formula is C15H23N3O. The Balaban J connectivity index is 1.86. The zero-order chi connectivity index (χ0) is 13.7. The fourth-order valence-corrected chi connectivity index (χ4v) is 2.51. The van der Waals surface area contributed by atoms with Gasteiger partial charge >= 0.3 is 0 Å². The van der Waals surface area contributed by atoms with Gasteiger partial charge in [-0.1, -0.05) is 18.2 Å². The molecule has 104 valence electrons. The lowest BCUT2D eigenvalue weighted by molar-refractivity contribution is -0.121. The smallest absolute Gasteiger partial charge is 0.241 e. The molecule has 4 nitrogen and oxygen atoms in total. The van der Waals surface area contributed by atoms with E-state index < -0.39 is 0 Å². The van der Waals surface area contributed by atoms with Gasteiger partial charge in [-0.2, -0.15) is 0 Å². The van der Waals surface area contributed by atoms with Crippen LogP contribution in [0.2, 0.25) is 0 Å². The van der Waals surface area contributed by atoms with E-state index in [0.717, 1.165) is 31.6 Å². The molecule has 0 aliphatic carbocycles. The molecule has 0 bridgehead atoms. The van der Waals surface area contributed by atoms with Crippen molar-refractivity contribution in [3.8, 4) is 0 Å². The molecule has 1 fully saturated rings. The Kier molecular flexibility index (Phi) is 4.93. The summed E-state index contributed by atoms with van der Waals surface area (Å²) in [6.07, 6.45) is 2.22.